The largest absolute Gasteiger partial charge is 0.428 e. The second-order valence-corrected chi connectivity index (χ2v) is 1.65. The van der Waals surface area contributed by atoms with Crippen LogP contribution in [0.5, 0.6) is 0 Å². The summed E-state index contributed by atoms with van der Waals surface area (Å²) in [6, 6.07) is 0. The van der Waals surface area contributed by atoms with Crippen molar-refractivity contribution in [2.75, 3.05) is 6.79 Å². The number of rotatable bonds is 0. The number of hydrogen-bond donors (Lipinski definition) is 0. The van der Waals surface area contributed by atoms with E-state index in [1.807, 2.05) is 0 Å². The predicted molar refractivity (Wildman–Crippen MR) is 37.8 cm³/mol. The summed E-state index contributed by atoms with van der Waals surface area (Å²) in [4.78, 5) is 20.7. The Labute approximate surface area is 109 Å². The molecule has 1 fully saturated rings. The smallest absolute Gasteiger partial charge is 0.309 e. The van der Waals surface area contributed by atoms with Gasteiger partial charge in [0, 0.05) is 59.1 Å². The second kappa shape index (κ2) is 7.58. The summed E-state index contributed by atoms with van der Waals surface area (Å²) in [5.41, 5.74) is 0. The van der Waals surface area contributed by atoms with Crippen molar-refractivity contribution in [2.45, 2.75) is 12.8 Å². The van der Waals surface area contributed by atoms with E-state index in [-0.39, 0.29) is 90.7 Å². The zero-order valence-corrected chi connectivity index (χ0v) is 10.8. The maximum atomic E-state index is 10.4. The van der Waals surface area contributed by atoms with Crippen LogP contribution in [0.4, 0.5) is 0 Å². The van der Waals surface area contributed by atoms with Crippen molar-refractivity contribution >= 4 is 71.1 Å². The molecular formula is C5H6Na2O4. The van der Waals surface area contributed by atoms with Gasteiger partial charge in [-0.25, -0.2) is 0 Å². The van der Waals surface area contributed by atoms with Gasteiger partial charge in [0.15, 0.2) is 0 Å². The molecule has 0 aliphatic carbocycles. The van der Waals surface area contributed by atoms with E-state index in [1.165, 1.54) is 0 Å². The minimum Gasteiger partial charge on any atom is -0.428 e. The molecule has 0 bridgehead atoms. The van der Waals surface area contributed by atoms with Gasteiger partial charge in [-0.2, -0.15) is 0 Å². The van der Waals surface area contributed by atoms with Crippen LogP contribution in [0, 0.1) is 0 Å². The van der Waals surface area contributed by atoms with E-state index in [0.717, 1.165) is 0 Å². The summed E-state index contributed by atoms with van der Waals surface area (Å²) in [5.74, 6) is -0.748. The summed E-state index contributed by atoms with van der Waals surface area (Å²) in [6.45, 7) is -0.225. The molecule has 0 amide bonds. The van der Waals surface area contributed by atoms with Gasteiger partial charge in [0.1, 0.15) is 0 Å². The van der Waals surface area contributed by atoms with E-state index < -0.39 is 0 Å². The fourth-order valence-electron chi connectivity index (χ4n) is 0.509. The van der Waals surface area contributed by atoms with Crippen LogP contribution in [0.15, 0.2) is 0 Å². The van der Waals surface area contributed by atoms with Crippen LogP contribution in [0.2, 0.25) is 0 Å². The van der Waals surface area contributed by atoms with Crippen LogP contribution in [0.1, 0.15) is 12.8 Å². The van der Waals surface area contributed by atoms with Crippen LogP contribution in [0.3, 0.4) is 0 Å². The molecule has 1 aliphatic heterocycles. The number of carbonyl (C=O) groups is 2. The Morgan fingerprint density at radius 3 is 1.64 bits per heavy atom. The zero-order valence-electron chi connectivity index (χ0n) is 6.75. The number of hydrogen-bond acceptors (Lipinski definition) is 4. The fraction of sp³-hybridized carbons (Fsp3) is 0.600. The van der Waals surface area contributed by atoms with Crippen LogP contribution >= 0.6 is 0 Å². The van der Waals surface area contributed by atoms with Crippen molar-refractivity contribution in [2.24, 2.45) is 0 Å². The van der Waals surface area contributed by atoms with Crippen LogP contribution in [-0.2, 0) is 19.1 Å². The Balaban J connectivity index is 0. The minimum atomic E-state index is -0.374. The van der Waals surface area contributed by atoms with Gasteiger partial charge in [-0.3, -0.25) is 9.59 Å². The van der Waals surface area contributed by atoms with Gasteiger partial charge in [0.25, 0.3) is 0 Å². The molecule has 1 heterocycles. The minimum absolute atomic E-state index is 0. The molecule has 52 valence electrons. The van der Waals surface area contributed by atoms with Crippen molar-refractivity contribution < 1.29 is 19.1 Å². The average molecular weight is 176 g/mol. The summed E-state index contributed by atoms with van der Waals surface area (Å²) in [6.07, 6.45) is 0.275. The molecular weight excluding hydrogens is 170 g/mol. The first-order valence-electron chi connectivity index (χ1n) is 2.60. The molecule has 0 unspecified atom stereocenters. The Kier molecular flexibility index (Phi) is 9.97. The van der Waals surface area contributed by atoms with E-state index in [4.69, 9.17) is 0 Å². The summed E-state index contributed by atoms with van der Waals surface area (Å²) >= 11 is 0. The average Bonchev–Trinajstić information content (AvgIpc) is 1.97. The van der Waals surface area contributed by atoms with Gasteiger partial charge in [0.05, 0.1) is 12.8 Å². The van der Waals surface area contributed by atoms with Crippen LogP contribution in [-0.4, -0.2) is 77.8 Å². The van der Waals surface area contributed by atoms with Crippen molar-refractivity contribution in [3.63, 3.8) is 0 Å². The third kappa shape index (κ3) is 6.13. The first-order valence-corrected chi connectivity index (χ1v) is 2.60. The van der Waals surface area contributed by atoms with Gasteiger partial charge in [-0.05, 0) is 0 Å². The molecule has 2 radical (unpaired) electrons. The molecule has 6 heteroatoms. The monoisotopic (exact) mass is 176 g/mol. The topological polar surface area (TPSA) is 52.6 Å². The first-order chi connectivity index (χ1) is 4.29. The Morgan fingerprint density at radius 2 is 1.27 bits per heavy atom. The van der Waals surface area contributed by atoms with Crippen molar-refractivity contribution in [1.82, 2.24) is 0 Å². The molecule has 1 aliphatic rings. The van der Waals surface area contributed by atoms with Gasteiger partial charge in [-0.1, -0.05) is 0 Å². The molecule has 1 rings (SSSR count). The van der Waals surface area contributed by atoms with Crippen molar-refractivity contribution in [1.29, 1.82) is 0 Å². The number of cyclic esters (lactones) is 2. The molecule has 0 atom stereocenters. The van der Waals surface area contributed by atoms with Gasteiger partial charge >= 0.3 is 11.9 Å². The Morgan fingerprint density at radius 1 is 0.909 bits per heavy atom. The molecule has 0 aromatic heterocycles. The van der Waals surface area contributed by atoms with Crippen LogP contribution in [0.25, 0.3) is 0 Å². The maximum absolute atomic E-state index is 10.4. The van der Waals surface area contributed by atoms with Crippen molar-refractivity contribution in [3.05, 3.63) is 0 Å². The number of ether oxygens (including phenoxy) is 2. The molecule has 0 saturated carbocycles. The fourth-order valence-corrected chi connectivity index (χ4v) is 0.509. The maximum Gasteiger partial charge on any atom is 0.309 e. The molecule has 4 nitrogen and oxygen atoms in total. The van der Waals surface area contributed by atoms with Crippen LogP contribution < -0.4 is 0 Å². The van der Waals surface area contributed by atoms with Gasteiger partial charge in [0.2, 0.25) is 6.79 Å². The molecule has 0 aromatic rings. The van der Waals surface area contributed by atoms with Crippen molar-refractivity contribution in [3.8, 4) is 0 Å². The molecule has 0 N–H and O–H groups in total. The first kappa shape index (κ1) is 14.5. The van der Waals surface area contributed by atoms with E-state index in [1.54, 1.807) is 0 Å². The standard InChI is InChI=1S/C5H6O4.2Na/c6-4-1-2-5(7)9-3-8-4;;/h1-3H2;;. The third-order valence-electron chi connectivity index (χ3n) is 0.973. The SMILES string of the molecule is O=C1CCC(=O)OCO1.[Na].[Na]. The number of esters is 2. The van der Waals surface area contributed by atoms with E-state index in [2.05, 4.69) is 9.47 Å². The summed E-state index contributed by atoms with van der Waals surface area (Å²) < 4.78 is 8.78. The molecule has 0 aromatic carbocycles. The normalized spacial score (nSPS) is 16.4. The second-order valence-electron chi connectivity index (χ2n) is 1.65. The van der Waals surface area contributed by atoms with E-state index in [0.29, 0.717) is 0 Å². The number of carbonyl (C=O) groups excluding carboxylic acids is 2. The molecule has 11 heavy (non-hydrogen) atoms. The van der Waals surface area contributed by atoms with Gasteiger partial charge < -0.3 is 9.47 Å². The Bertz CT molecular complexity index is 131. The van der Waals surface area contributed by atoms with Gasteiger partial charge in [-0.15, -0.1) is 0 Å². The van der Waals surface area contributed by atoms with E-state index in [9.17, 15) is 9.59 Å². The molecule has 0 spiro atoms. The third-order valence-corrected chi connectivity index (χ3v) is 0.973. The summed E-state index contributed by atoms with van der Waals surface area (Å²) in [5, 5.41) is 0. The molecule has 1 saturated heterocycles. The zero-order chi connectivity index (χ0) is 6.69. The predicted octanol–water partition coefficient (Wildman–Crippen LogP) is -0.938. The summed E-state index contributed by atoms with van der Waals surface area (Å²) in [7, 11) is 0. The Hall–Kier alpha value is 0.940. The quantitative estimate of drug-likeness (QED) is 0.353. The van der Waals surface area contributed by atoms with E-state index >= 15 is 0 Å².